The molecular formula is C17H18N2O6. The van der Waals surface area contributed by atoms with Crippen LogP contribution in [0, 0.1) is 17.0 Å². The maximum absolute atomic E-state index is 12.3. The molecule has 2 aromatic carbocycles. The molecule has 8 nitrogen and oxygen atoms in total. The number of nitro groups is 1. The van der Waals surface area contributed by atoms with E-state index in [0.717, 1.165) is 0 Å². The molecule has 0 heterocycles. The minimum absolute atomic E-state index is 0. The minimum Gasteiger partial charge on any atom is -0.462 e. The number of amides is 1. The fraction of sp³-hybridized carbons (Fsp3) is 0.176. The summed E-state index contributed by atoms with van der Waals surface area (Å²) in [6.45, 7) is 3.49. The van der Waals surface area contributed by atoms with Crippen molar-refractivity contribution < 1.29 is 24.7 Å². The molecule has 0 aliphatic carbocycles. The van der Waals surface area contributed by atoms with Crippen molar-refractivity contribution in [1.29, 1.82) is 0 Å². The second-order valence-electron chi connectivity index (χ2n) is 4.98. The van der Waals surface area contributed by atoms with E-state index in [-0.39, 0.29) is 34.6 Å². The summed E-state index contributed by atoms with van der Waals surface area (Å²) in [5.41, 5.74) is 0.953. The number of carbonyl (C=O) groups excluding carboxylic acids is 2. The highest BCUT2D eigenvalue weighted by atomic mass is 16.6. The van der Waals surface area contributed by atoms with Gasteiger partial charge < -0.3 is 15.5 Å². The fourth-order valence-corrected chi connectivity index (χ4v) is 2.12. The molecule has 0 aliphatic heterocycles. The van der Waals surface area contributed by atoms with Gasteiger partial charge in [0.15, 0.2) is 0 Å². The lowest BCUT2D eigenvalue weighted by Gasteiger charge is -2.10. The summed E-state index contributed by atoms with van der Waals surface area (Å²) in [5, 5.41) is 13.6. The Bertz CT molecular complexity index is 803. The van der Waals surface area contributed by atoms with Crippen molar-refractivity contribution in [3.8, 4) is 0 Å². The monoisotopic (exact) mass is 346 g/mol. The number of rotatable bonds is 5. The molecule has 8 heteroatoms. The smallest absolute Gasteiger partial charge is 0.340 e. The summed E-state index contributed by atoms with van der Waals surface area (Å²) >= 11 is 0. The number of hydrogen-bond donors (Lipinski definition) is 1. The number of hydrogen-bond acceptors (Lipinski definition) is 5. The van der Waals surface area contributed by atoms with E-state index in [1.54, 1.807) is 32.0 Å². The van der Waals surface area contributed by atoms with Crippen molar-refractivity contribution in [3.05, 3.63) is 69.3 Å². The van der Waals surface area contributed by atoms with Crippen LogP contribution < -0.4 is 5.32 Å². The van der Waals surface area contributed by atoms with Crippen molar-refractivity contribution in [2.24, 2.45) is 0 Å². The van der Waals surface area contributed by atoms with Gasteiger partial charge in [0.1, 0.15) is 0 Å². The van der Waals surface area contributed by atoms with Gasteiger partial charge in [-0.2, -0.15) is 0 Å². The SMILES string of the molecule is CCOC(=O)c1ccccc1NC(=O)c1ccc(C)c([N+](=O)[O-])c1.O. The number of para-hydroxylation sites is 1. The number of nitro benzene ring substituents is 1. The third kappa shape index (κ3) is 4.61. The van der Waals surface area contributed by atoms with E-state index in [1.807, 2.05) is 0 Å². The Morgan fingerprint density at radius 1 is 1.20 bits per heavy atom. The van der Waals surface area contributed by atoms with Crippen LogP contribution in [-0.4, -0.2) is 28.9 Å². The molecule has 0 saturated heterocycles. The summed E-state index contributed by atoms with van der Waals surface area (Å²) in [6.07, 6.45) is 0. The molecule has 0 atom stereocenters. The van der Waals surface area contributed by atoms with Gasteiger partial charge in [-0.25, -0.2) is 4.79 Å². The van der Waals surface area contributed by atoms with Crippen molar-refractivity contribution in [3.63, 3.8) is 0 Å². The van der Waals surface area contributed by atoms with Gasteiger partial charge in [0.05, 0.1) is 22.8 Å². The van der Waals surface area contributed by atoms with Crippen molar-refractivity contribution in [1.82, 2.24) is 0 Å². The molecule has 0 spiro atoms. The highest BCUT2D eigenvalue weighted by molar-refractivity contribution is 6.08. The van der Waals surface area contributed by atoms with Gasteiger partial charge in [-0.3, -0.25) is 14.9 Å². The van der Waals surface area contributed by atoms with Crippen LogP contribution in [0.1, 0.15) is 33.2 Å². The molecule has 1 amide bonds. The first-order chi connectivity index (χ1) is 11.4. The number of anilines is 1. The van der Waals surface area contributed by atoms with Gasteiger partial charge in [0.25, 0.3) is 11.6 Å². The third-order valence-corrected chi connectivity index (χ3v) is 3.34. The zero-order valence-electron chi connectivity index (χ0n) is 13.7. The van der Waals surface area contributed by atoms with Crippen LogP contribution in [-0.2, 0) is 4.74 Å². The summed E-state index contributed by atoms with van der Waals surface area (Å²) in [4.78, 5) is 34.7. The maximum atomic E-state index is 12.3. The zero-order chi connectivity index (χ0) is 17.7. The Morgan fingerprint density at radius 2 is 1.88 bits per heavy atom. The Labute approximate surface area is 143 Å². The first-order valence-electron chi connectivity index (χ1n) is 7.26. The Hall–Kier alpha value is -3.26. The number of nitrogens with one attached hydrogen (secondary N) is 1. The number of ether oxygens (including phenoxy) is 1. The normalized spacial score (nSPS) is 9.68. The fourth-order valence-electron chi connectivity index (χ4n) is 2.12. The molecule has 132 valence electrons. The van der Waals surface area contributed by atoms with Crippen LogP contribution in [0.5, 0.6) is 0 Å². The molecule has 0 fully saturated rings. The predicted octanol–water partition coefficient (Wildman–Crippen LogP) is 2.51. The molecular weight excluding hydrogens is 328 g/mol. The molecule has 2 aromatic rings. The Morgan fingerprint density at radius 3 is 2.52 bits per heavy atom. The van der Waals surface area contributed by atoms with Gasteiger partial charge in [-0.15, -0.1) is 0 Å². The number of carbonyl (C=O) groups is 2. The number of nitrogens with zero attached hydrogens (tertiary/aromatic N) is 1. The maximum Gasteiger partial charge on any atom is 0.340 e. The van der Waals surface area contributed by atoms with Gasteiger partial charge in [0.2, 0.25) is 0 Å². The molecule has 3 N–H and O–H groups in total. The zero-order valence-corrected chi connectivity index (χ0v) is 13.7. The summed E-state index contributed by atoms with van der Waals surface area (Å²) in [5.74, 6) is -1.10. The van der Waals surface area contributed by atoms with Gasteiger partial charge in [-0.1, -0.05) is 18.2 Å². The van der Waals surface area contributed by atoms with E-state index >= 15 is 0 Å². The van der Waals surface area contributed by atoms with Gasteiger partial charge >= 0.3 is 5.97 Å². The average Bonchev–Trinajstić information content (AvgIpc) is 2.55. The van der Waals surface area contributed by atoms with Crippen LogP contribution in [0.15, 0.2) is 42.5 Å². The summed E-state index contributed by atoms with van der Waals surface area (Å²) in [6, 6.07) is 10.6. The first-order valence-corrected chi connectivity index (χ1v) is 7.26. The van der Waals surface area contributed by atoms with Crippen LogP contribution in [0.3, 0.4) is 0 Å². The lowest BCUT2D eigenvalue weighted by Crippen LogP contribution is -2.16. The summed E-state index contributed by atoms with van der Waals surface area (Å²) in [7, 11) is 0. The molecule has 2 rings (SSSR count). The van der Waals surface area contributed by atoms with E-state index in [2.05, 4.69) is 5.32 Å². The Balaban J connectivity index is 0.00000312. The van der Waals surface area contributed by atoms with Gasteiger partial charge in [-0.05, 0) is 32.0 Å². The molecule has 0 radical (unpaired) electrons. The molecule has 0 aromatic heterocycles. The van der Waals surface area contributed by atoms with E-state index < -0.39 is 16.8 Å². The highest BCUT2D eigenvalue weighted by Gasteiger charge is 2.18. The lowest BCUT2D eigenvalue weighted by molar-refractivity contribution is -0.385. The molecule has 0 saturated carbocycles. The number of aryl methyl sites for hydroxylation is 1. The highest BCUT2D eigenvalue weighted by Crippen LogP contribution is 2.21. The van der Waals surface area contributed by atoms with E-state index in [9.17, 15) is 19.7 Å². The Kier molecular flexibility index (Phi) is 6.77. The van der Waals surface area contributed by atoms with Crippen LogP contribution in [0.2, 0.25) is 0 Å². The minimum atomic E-state index is -0.553. The van der Waals surface area contributed by atoms with Crippen molar-refractivity contribution >= 4 is 23.3 Å². The van der Waals surface area contributed by atoms with Crippen molar-refractivity contribution in [2.45, 2.75) is 13.8 Å². The average molecular weight is 346 g/mol. The second-order valence-corrected chi connectivity index (χ2v) is 4.98. The molecule has 0 aliphatic rings. The molecule has 25 heavy (non-hydrogen) atoms. The second kappa shape index (κ2) is 8.55. The lowest BCUT2D eigenvalue weighted by atomic mass is 10.1. The van der Waals surface area contributed by atoms with E-state index in [1.165, 1.54) is 24.3 Å². The van der Waals surface area contributed by atoms with Crippen LogP contribution in [0.4, 0.5) is 11.4 Å². The van der Waals surface area contributed by atoms with E-state index in [4.69, 9.17) is 4.74 Å². The van der Waals surface area contributed by atoms with E-state index in [0.29, 0.717) is 5.56 Å². The molecule has 0 unspecified atom stereocenters. The van der Waals surface area contributed by atoms with Crippen molar-refractivity contribution in [2.75, 3.05) is 11.9 Å². The van der Waals surface area contributed by atoms with Crippen LogP contribution in [0.25, 0.3) is 0 Å². The first kappa shape index (κ1) is 19.8. The third-order valence-electron chi connectivity index (χ3n) is 3.34. The largest absolute Gasteiger partial charge is 0.462 e. The summed E-state index contributed by atoms with van der Waals surface area (Å²) < 4.78 is 4.94. The van der Waals surface area contributed by atoms with Gasteiger partial charge in [0, 0.05) is 17.2 Å². The predicted molar refractivity (Wildman–Crippen MR) is 91.8 cm³/mol. The van der Waals surface area contributed by atoms with Crippen LogP contribution >= 0.6 is 0 Å². The number of benzene rings is 2. The topological polar surface area (TPSA) is 130 Å². The number of esters is 1. The molecule has 0 bridgehead atoms. The standard InChI is InChI=1S/C17H16N2O5.H2O/c1-3-24-17(21)13-6-4-5-7-14(13)18-16(20)12-9-8-11(2)15(10-12)19(22)23;/h4-10H,3H2,1-2H3,(H,18,20);1H2. The quantitative estimate of drug-likeness (QED) is 0.505.